The van der Waals surface area contributed by atoms with Crippen LogP contribution in [-0.4, -0.2) is 31.7 Å². The molecule has 0 atom stereocenters. The maximum absolute atomic E-state index is 12.2. The third-order valence-electron chi connectivity index (χ3n) is 4.35. The van der Waals surface area contributed by atoms with E-state index in [9.17, 15) is 4.79 Å². The van der Waals surface area contributed by atoms with Crippen LogP contribution in [-0.2, 0) is 4.79 Å². The maximum atomic E-state index is 12.2. The topological polar surface area (TPSA) is 96.0 Å². The number of carbonyl (C=O) groups is 1. The van der Waals surface area contributed by atoms with Gasteiger partial charge in [0.15, 0.2) is 29.4 Å². The molecule has 1 N–H and O–H groups in total. The van der Waals surface area contributed by atoms with Gasteiger partial charge in [-0.3, -0.25) is 10.1 Å². The van der Waals surface area contributed by atoms with Crippen LogP contribution >= 0.6 is 0 Å². The number of rotatable bonds is 7. The molecule has 2 aromatic carbocycles. The Hall–Kier alpha value is -3.94. The molecule has 2 aromatic heterocycles. The zero-order valence-electron chi connectivity index (χ0n) is 16.7. The number of aromatic nitrogens is 1. The summed E-state index contributed by atoms with van der Waals surface area (Å²) < 4.78 is 27.2. The first-order valence-electron chi connectivity index (χ1n) is 9.18. The number of nitrogens with one attached hydrogen (secondary N) is 1. The molecule has 0 aliphatic carbocycles. The lowest BCUT2D eigenvalue weighted by molar-refractivity contribution is -0.118. The fraction of sp³-hybridized carbons (Fsp3) is 0.182. The number of ether oxygens (including phenoxy) is 3. The molecule has 8 nitrogen and oxygen atoms in total. The number of nitrogens with zero attached hydrogens (tertiary/aromatic N) is 1. The van der Waals surface area contributed by atoms with Gasteiger partial charge in [0.2, 0.25) is 5.88 Å². The normalized spacial score (nSPS) is 10.8. The van der Waals surface area contributed by atoms with Gasteiger partial charge in [0.1, 0.15) is 11.3 Å². The van der Waals surface area contributed by atoms with E-state index >= 15 is 0 Å². The highest BCUT2D eigenvalue weighted by Gasteiger charge is 2.14. The molecule has 154 valence electrons. The van der Waals surface area contributed by atoms with Crippen molar-refractivity contribution in [3.63, 3.8) is 0 Å². The van der Waals surface area contributed by atoms with Crippen molar-refractivity contribution >= 4 is 22.9 Å². The van der Waals surface area contributed by atoms with Gasteiger partial charge in [-0.25, -0.2) is 4.98 Å². The third kappa shape index (κ3) is 4.07. The molecule has 0 aliphatic heterocycles. The number of anilines is 1. The Bertz CT molecular complexity index is 1190. The minimum atomic E-state index is -0.376. The average molecular weight is 408 g/mol. The molecule has 0 fully saturated rings. The fourth-order valence-corrected chi connectivity index (χ4v) is 2.89. The van der Waals surface area contributed by atoms with Gasteiger partial charge in [-0.1, -0.05) is 6.07 Å². The lowest BCUT2D eigenvalue weighted by atomic mass is 10.2. The van der Waals surface area contributed by atoms with Gasteiger partial charge in [-0.05, 0) is 42.8 Å². The Morgan fingerprint density at radius 3 is 2.63 bits per heavy atom. The Morgan fingerprint density at radius 1 is 1.00 bits per heavy atom. The largest absolute Gasteiger partial charge is 0.493 e. The van der Waals surface area contributed by atoms with E-state index in [0.29, 0.717) is 34.5 Å². The van der Waals surface area contributed by atoms with Crippen LogP contribution in [0.2, 0.25) is 0 Å². The summed E-state index contributed by atoms with van der Waals surface area (Å²) in [6.45, 7) is 1.78. The molecule has 0 aliphatic rings. The predicted octanol–water partition coefficient (Wildman–Crippen LogP) is 4.43. The number of hydrogen-bond acceptors (Lipinski definition) is 7. The molecular weight excluding hydrogens is 388 g/mol. The lowest BCUT2D eigenvalue weighted by Crippen LogP contribution is -2.19. The second-order valence-corrected chi connectivity index (χ2v) is 6.51. The Morgan fingerprint density at radius 2 is 1.83 bits per heavy atom. The summed E-state index contributed by atoms with van der Waals surface area (Å²) in [5.74, 6) is 2.22. The molecule has 8 heteroatoms. The second kappa shape index (κ2) is 8.20. The Kier molecular flexibility index (Phi) is 5.30. The van der Waals surface area contributed by atoms with Crippen LogP contribution in [0.15, 0.2) is 57.4 Å². The van der Waals surface area contributed by atoms with Gasteiger partial charge >= 0.3 is 0 Å². The molecule has 1 amide bonds. The van der Waals surface area contributed by atoms with Crippen LogP contribution < -0.4 is 19.5 Å². The summed E-state index contributed by atoms with van der Waals surface area (Å²) in [5.41, 5.74) is 2.50. The number of furan rings is 1. The quantitative estimate of drug-likeness (QED) is 0.483. The first kappa shape index (κ1) is 19.4. The van der Waals surface area contributed by atoms with Crippen molar-refractivity contribution < 1.29 is 27.8 Å². The number of oxazole rings is 1. The van der Waals surface area contributed by atoms with Gasteiger partial charge in [0.05, 0.1) is 14.2 Å². The van der Waals surface area contributed by atoms with Crippen molar-refractivity contribution in [2.75, 3.05) is 26.1 Å². The average Bonchev–Trinajstić information content (AvgIpc) is 3.38. The van der Waals surface area contributed by atoms with Crippen molar-refractivity contribution in [1.82, 2.24) is 4.98 Å². The molecular formula is C22H20N2O6. The van der Waals surface area contributed by atoms with E-state index in [1.807, 2.05) is 25.1 Å². The van der Waals surface area contributed by atoms with Crippen LogP contribution in [0.1, 0.15) is 5.56 Å². The zero-order chi connectivity index (χ0) is 21.1. The van der Waals surface area contributed by atoms with E-state index in [2.05, 4.69) is 10.3 Å². The van der Waals surface area contributed by atoms with Gasteiger partial charge in [-0.15, -0.1) is 0 Å². The number of amides is 1. The third-order valence-corrected chi connectivity index (χ3v) is 4.35. The predicted molar refractivity (Wildman–Crippen MR) is 110 cm³/mol. The van der Waals surface area contributed by atoms with Gasteiger partial charge < -0.3 is 23.0 Å². The molecule has 0 saturated heterocycles. The smallest absolute Gasteiger partial charge is 0.264 e. The molecule has 0 saturated carbocycles. The summed E-state index contributed by atoms with van der Waals surface area (Å²) in [7, 11) is 3.08. The molecule has 0 bridgehead atoms. The van der Waals surface area contributed by atoms with E-state index in [4.69, 9.17) is 23.0 Å². The molecule has 2 heterocycles. The van der Waals surface area contributed by atoms with Crippen molar-refractivity contribution in [3.05, 3.63) is 54.1 Å². The summed E-state index contributed by atoms with van der Waals surface area (Å²) >= 11 is 0. The van der Waals surface area contributed by atoms with E-state index < -0.39 is 0 Å². The zero-order valence-corrected chi connectivity index (χ0v) is 16.7. The first-order valence-corrected chi connectivity index (χ1v) is 9.18. The second-order valence-electron chi connectivity index (χ2n) is 6.51. The van der Waals surface area contributed by atoms with Crippen molar-refractivity contribution in [2.24, 2.45) is 0 Å². The Balaban J connectivity index is 1.39. The summed E-state index contributed by atoms with van der Waals surface area (Å²) in [6, 6.07) is 14.1. The summed E-state index contributed by atoms with van der Waals surface area (Å²) in [4.78, 5) is 16.6. The van der Waals surface area contributed by atoms with Crippen molar-refractivity contribution in [1.29, 1.82) is 0 Å². The molecule has 0 unspecified atom stereocenters. The Labute approximate surface area is 172 Å². The molecule has 0 radical (unpaired) electrons. The number of benzene rings is 2. The summed E-state index contributed by atoms with van der Waals surface area (Å²) in [5, 5.41) is 2.64. The van der Waals surface area contributed by atoms with Crippen LogP contribution in [0.3, 0.4) is 0 Å². The molecule has 30 heavy (non-hydrogen) atoms. The number of methoxy groups -OCH3 is 2. The lowest BCUT2D eigenvalue weighted by Gasteiger charge is -2.10. The van der Waals surface area contributed by atoms with Gasteiger partial charge in [0, 0.05) is 12.1 Å². The van der Waals surface area contributed by atoms with Crippen LogP contribution in [0.5, 0.6) is 17.2 Å². The van der Waals surface area contributed by atoms with Crippen molar-refractivity contribution in [3.8, 4) is 28.9 Å². The standard InChI is InChI=1S/C22H20N2O6/c1-13-4-6-16-15(10-13)23-22(30-16)18-8-9-21(29-18)24-20(25)12-28-14-5-7-17(26-2)19(11-14)27-3/h4-11H,12H2,1-3H3,(H,24,25). The molecule has 0 spiro atoms. The highest BCUT2D eigenvalue weighted by atomic mass is 16.5. The van der Waals surface area contributed by atoms with Crippen LogP contribution in [0.4, 0.5) is 5.88 Å². The van der Waals surface area contributed by atoms with Gasteiger partial charge in [-0.2, -0.15) is 0 Å². The maximum Gasteiger partial charge on any atom is 0.264 e. The highest BCUT2D eigenvalue weighted by Crippen LogP contribution is 2.31. The first-order chi connectivity index (χ1) is 14.6. The number of aryl methyl sites for hydroxylation is 1. The van der Waals surface area contributed by atoms with Crippen molar-refractivity contribution in [2.45, 2.75) is 6.92 Å². The minimum absolute atomic E-state index is 0.201. The monoisotopic (exact) mass is 408 g/mol. The van der Waals surface area contributed by atoms with Gasteiger partial charge in [0.25, 0.3) is 11.8 Å². The van der Waals surface area contributed by atoms with Crippen LogP contribution in [0.25, 0.3) is 22.8 Å². The molecule has 4 rings (SSSR count). The van der Waals surface area contributed by atoms with Crippen LogP contribution in [0, 0.1) is 6.92 Å². The molecule has 4 aromatic rings. The number of fused-ring (bicyclic) bond motifs is 1. The number of hydrogen-bond donors (Lipinski definition) is 1. The minimum Gasteiger partial charge on any atom is -0.493 e. The van der Waals surface area contributed by atoms with E-state index in [1.165, 1.54) is 7.11 Å². The summed E-state index contributed by atoms with van der Waals surface area (Å²) in [6.07, 6.45) is 0. The number of carbonyl (C=O) groups excluding carboxylic acids is 1. The van der Waals surface area contributed by atoms with E-state index in [1.54, 1.807) is 37.4 Å². The highest BCUT2D eigenvalue weighted by molar-refractivity contribution is 5.90. The fourth-order valence-electron chi connectivity index (χ4n) is 2.89. The SMILES string of the molecule is COc1ccc(OCC(=O)Nc2ccc(-c3nc4cc(C)ccc4o3)o2)cc1OC. The van der Waals surface area contributed by atoms with E-state index in [-0.39, 0.29) is 18.4 Å². The van der Waals surface area contributed by atoms with E-state index in [0.717, 1.165) is 11.1 Å².